The van der Waals surface area contributed by atoms with Crippen LogP contribution in [0.3, 0.4) is 0 Å². The Hall–Kier alpha value is -1.48. The van der Waals surface area contributed by atoms with E-state index in [0.717, 1.165) is 16.5 Å². The largest absolute Gasteiger partial charge is 0.411 e. The number of nitrogens with one attached hydrogen (secondary N) is 1. The van der Waals surface area contributed by atoms with Crippen molar-refractivity contribution in [3.63, 3.8) is 0 Å². The molecular formula is C9H7ClN2O. The molecule has 0 amide bonds. The fourth-order valence-electron chi connectivity index (χ4n) is 1.33. The molecule has 0 fully saturated rings. The van der Waals surface area contributed by atoms with E-state index in [4.69, 9.17) is 16.8 Å². The van der Waals surface area contributed by atoms with Gasteiger partial charge in [-0.15, -0.1) is 0 Å². The van der Waals surface area contributed by atoms with Gasteiger partial charge in [0.05, 0.1) is 11.2 Å². The molecule has 0 bridgehead atoms. The topological polar surface area (TPSA) is 48.4 Å². The van der Waals surface area contributed by atoms with Gasteiger partial charge in [-0.1, -0.05) is 22.8 Å². The molecule has 1 aromatic carbocycles. The summed E-state index contributed by atoms with van der Waals surface area (Å²) in [6.45, 7) is 0. The molecule has 0 unspecified atom stereocenters. The molecule has 0 spiro atoms. The van der Waals surface area contributed by atoms with Crippen molar-refractivity contribution >= 4 is 28.7 Å². The van der Waals surface area contributed by atoms with E-state index < -0.39 is 0 Å². The van der Waals surface area contributed by atoms with E-state index in [1.54, 1.807) is 12.3 Å². The number of hydrogen-bond donors (Lipinski definition) is 2. The van der Waals surface area contributed by atoms with E-state index in [1.165, 1.54) is 6.21 Å². The van der Waals surface area contributed by atoms with E-state index in [2.05, 4.69) is 10.1 Å². The highest BCUT2D eigenvalue weighted by Crippen LogP contribution is 2.25. The lowest BCUT2D eigenvalue weighted by molar-refractivity contribution is 0.322. The number of aromatic amines is 1. The van der Waals surface area contributed by atoms with Crippen LogP contribution in [0.1, 0.15) is 5.56 Å². The zero-order valence-corrected chi connectivity index (χ0v) is 7.42. The van der Waals surface area contributed by atoms with Crippen LogP contribution in [0.4, 0.5) is 0 Å². The number of nitrogens with zero attached hydrogens (tertiary/aromatic N) is 1. The van der Waals surface area contributed by atoms with Crippen molar-refractivity contribution in [3.8, 4) is 0 Å². The fourth-order valence-corrected chi connectivity index (χ4v) is 1.61. The van der Waals surface area contributed by atoms with E-state index in [1.807, 2.05) is 12.1 Å². The minimum absolute atomic E-state index is 0.647. The second-order valence-corrected chi connectivity index (χ2v) is 3.06. The summed E-state index contributed by atoms with van der Waals surface area (Å²) < 4.78 is 0. The minimum atomic E-state index is 0.647. The molecule has 4 heteroatoms. The van der Waals surface area contributed by atoms with Crippen molar-refractivity contribution in [2.75, 3.05) is 0 Å². The summed E-state index contributed by atoms with van der Waals surface area (Å²) in [5, 5.41) is 12.9. The summed E-state index contributed by atoms with van der Waals surface area (Å²) in [5.74, 6) is 0. The predicted molar refractivity (Wildman–Crippen MR) is 52.7 cm³/mol. The third kappa shape index (κ3) is 1.27. The van der Waals surface area contributed by atoms with Crippen LogP contribution in [0.5, 0.6) is 0 Å². The van der Waals surface area contributed by atoms with Crippen LogP contribution in [-0.4, -0.2) is 16.4 Å². The molecule has 2 rings (SSSR count). The van der Waals surface area contributed by atoms with Crippen molar-refractivity contribution in [1.82, 2.24) is 4.98 Å². The molecule has 0 saturated carbocycles. The number of halogens is 1. The monoisotopic (exact) mass is 194 g/mol. The van der Waals surface area contributed by atoms with Crippen molar-refractivity contribution in [3.05, 3.63) is 35.0 Å². The van der Waals surface area contributed by atoms with Crippen LogP contribution in [0.15, 0.2) is 29.6 Å². The first-order valence-electron chi connectivity index (χ1n) is 3.76. The highest BCUT2D eigenvalue weighted by atomic mass is 35.5. The molecular weight excluding hydrogens is 188 g/mol. The molecule has 0 radical (unpaired) electrons. The lowest BCUT2D eigenvalue weighted by Gasteiger charge is -1.93. The van der Waals surface area contributed by atoms with Gasteiger partial charge in [-0.3, -0.25) is 0 Å². The number of hydrogen-bond acceptors (Lipinski definition) is 2. The normalized spacial score (nSPS) is 11.5. The lowest BCUT2D eigenvalue weighted by atomic mass is 10.2. The Morgan fingerprint density at radius 3 is 3.08 bits per heavy atom. The molecule has 0 aliphatic rings. The van der Waals surface area contributed by atoms with Crippen LogP contribution in [0, 0.1) is 0 Å². The van der Waals surface area contributed by atoms with Gasteiger partial charge in [0.25, 0.3) is 0 Å². The van der Waals surface area contributed by atoms with Gasteiger partial charge in [-0.05, 0) is 12.1 Å². The number of fused-ring (bicyclic) bond motifs is 1. The van der Waals surface area contributed by atoms with Gasteiger partial charge in [0.2, 0.25) is 0 Å². The Kier molecular flexibility index (Phi) is 1.94. The quantitative estimate of drug-likeness (QED) is 0.409. The van der Waals surface area contributed by atoms with Gasteiger partial charge in [-0.25, -0.2) is 0 Å². The minimum Gasteiger partial charge on any atom is -0.411 e. The molecule has 1 aromatic heterocycles. The molecule has 13 heavy (non-hydrogen) atoms. The van der Waals surface area contributed by atoms with Crippen LogP contribution in [0.2, 0.25) is 5.02 Å². The predicted octanol–water partition coefficient (Wildman–Crippen LogP) is 2.63. The highest BCUT2D eigenvalue weighted by Gasteiger charge is 2.04. The number of benzene rings is 1. The third-order valence-corrected chi connectivity index (χ3v) is 2.20. The molecule has 3 nitrogen and oxygen atoms in total. The zero-order valence-electron chi connectivity index (χ0n) is 6.66. The molecule has 0 saturated heterocycles. The van der Waals surface area contributed by atoms with Crippen LogP contribution in [-0.2, 0) is 0 Å². The van der Waals surface area contributed by atoms with Crippen LogP contribution >= 0.6 is 11.6 Å². The maximum atomic E-state index is 8.40. The second kappa shape index (κ2) is 3.11. The summed E-state index contributed by atoms with van der Waals surface area (Å²) in [6, 6.07) is 5.57. The van der Waals surface area contributed by atoms with E-state index in [-0.39, 0.29) is 0 Å². The molecule has 0 atom stereocenters. The number of aromatic nitrogens is 1. The standard InChI is InChI=1S/C9H7ClN2O/c10-7-2-1-3-8-9(7)6(4-11-8)5-12-13/h1-5,11,13H/b12-5-. The highest BCUT2D eigenvalue weighted by molar-refractivity contribution is 6.36. The Morgan fingerprint density at radius 2 is 2.31 bits per heavy atom. The van der Waals surface area contributed by atoms with Gasteiger partial charge >= 0.3 is 0 Å². The summed E-state index contributed by atoms with van der Waals surface area (Å²) in [7, 11) is 0. The average Bonchev–Trinajstić information content (AvgIpc) is 2.51. The SMILES string of the molecule is O/N=C\c1c[nH]c2cccc(Cl)c12. The first-order valence-corrected chi connectivity index (χ1v) is 4.14. The van der Waals surface area contributed by atoms with Gasteiger partial charge in [-0.2, -0.15) is 0 Å². The summed E-state index contributed by atoms with van der Waals surface area (Å²) >= 11 is 5.98. The first kappa shape index (κ1) is 8.13. The molecule has 0 aliphatic carbocycles. The molecule has 66 valence electrons. The maximum absolute atomic E-state index is 8.40. The zero-order chi connectivity index (χ0) is 9.26. The molecule has 0 aliphatic heterocycles. The second-order valence-electron chi connectivity index (χ2n) is 2.65. The summed E-state index contributed by atoms with van der Waals surface area (Å²) in [4.78, 5) is 3.03. The lowest BCUT2D eigenvalue weighted by Crippen LogP contribution is -1.77. The van der Waals surface area contributed by atoms with Crippen molar-refractivity contribution < 1.29 is 5.21 Å². The average molecular weight is 195 g/mol. The third-order valence-electron chi connectivity index (χ3n) is 1.88. The number of H-pyrrole nitrogens is 1. The fraction of sp³-hybridized carbons (Fsp3) is 0. The van der Waals surface area contributed by atoms with Crippen molar-refractivity contribution in [2.45, 2.75) is 0 Å². The Morgan fingerprint density at radius 1 is 1.46 bits per heavy atom. The van der Waals surface area contributed by atoms with Gasteiger partial charge < -0.3 is 10.2 Å². The van der Waals surface area contributed by atoms with Gasteiger partial charge in [0, 0.05) is 22.7 Å². The van der Waals surface area contributed by atoms with Crippen molar-refractivity contribution in [1.29, 1.82) is 0 Å². The van der Waals surface area contributed by atoms with E-state index in [0.29, 0.717) is 5.02 Å². The maximum Gasteiger partial charge on any atom is 0.0755 e. The summed E-state index contributed by atoms with van der Waals surface area (Å²) in [6.07, 6.45) is 3.10. The Labute approximate surface area is 79.6 Å². The van der Waals surface area contributed by atoms with E-state index in [9.17, 15) is 0 Å². The van der Waals surface area contributed by atoms with Crippen LogP contribution in [0.25, 0.3) is 10.9 Å². The van der Waals surface area contributed by atoms with Crippen molar-refractivity contribution in [2.24, 2.45) is 5.16 Å². The Bertz CT molecular complexity index is 462. The van der Waals surface area contributed by atoms with Crippen LogP contribution < -0.4 is 0 Å². The van der Waals surface area contributed by atoms with Gasteiger partial charge in [0.1, 0.15) is 0 Å². The Balaban J connectivity index is 2.78. The molecule has 1 heterocycles. The van der Waals surface area contributed by atoms with E-state index >= 15 is 0 Å². The number of rotatable bonds is 1. The molecule has 2 aromatic rings. The first-order chi connectivity index (χ1) is 6.33. The van der Waals surface area contributed by atoms with Gasteiger partial charge in [0.15, 0.2) is 0 Å². The number of oxime groups is 1. The molecule has 2 N–H and O–H groups in total. The summed E-state index contributed by atoms with van der Waals surface area (Å²) in [5.41, 5.74) is 1.71. The smallest absolute Gasteiger partial charge is 0.0755 e.